The summed E-state index contributed by atoms with van der Waals surface area (Å²) in [4.78, 5) is 14.5. The van der Waals surface area contributed by atoms with Gasteiger partial charge in [0.1, 0.15) is 5.82 Å². The van der Waals surface area contributed by atoms with Gasteiger partial charge in [-0.05, 0) is 25.0 Å². The lowest BCUT2D eigenvalue weighted by Crippen LogP contribution is -2.41. The molecule has 1 atom stereocenters. The van der Waals surface area contributed by atoms with Crippen molar-refractivity contribution in [2.75, 3.05) is 19.6 Å². The summed E-state index contributed by atoms with van der Waals surface area (Å²) < 4.78 is 29.8. The van der Waals surface area contributed by atoms with Crippen LogP contribution in [0.4, 0.5) is 0 Å². The Kier molecular flexibility index (Phi) is 5.20. The largest absolute Gasteiger partial charge is 0.333 e. The van der Waals surface area contributed by atoms with E-state index in [1.165, 1.54) is 0 Å². The van der Waals surface area contributed by atoms with Crippen molar-refractivity contribution in [3.05, 3.63) is 41.5 Å². The van der Waals surface area contributed by atoms with Crippen LogP contribution in [0.25, 0.3) is 0 Å². The van der Waals surface area contributed by atoms with E-state index in [4.69, 9.17) is 0 Å². The second-order valence-corrected chi connectivity index (χ2v) is 10.1. The Labute approximate surface area is 171 Å². The number of carbonyl (C=O) groups is 1. The molecule has 1 aromatic heterocycles. The van der Waals surface area contributed by atoms with Gasteiger partial charge in [0, 0.05) is 38.0 Å². The Balaban J connectivity index is 1.52. The quantitative estimate of drug-likeness (QED) is 0.756. The highest BCUT2D eigenvalue weighted by molar-refractivity contribution is 7.89. The highest BCUT2D eigenvalue weighted by atomic mass is 32.2. The molecule has 1 unspecified atom stereocenters. The van der Waals surface area contributed by atoms with Gasteiger partial charge in [-0.3, -0.25) is 4.79 Å². The van der Waals surface area contributed by atoms with Crippen LogP contribution < -0.4 is 0 Å². The highest BCUT2D eigenvalue weighted by Crippen LogP contribution is 2.32. The second-order valence-electron chi connectivity index (χ2n) is 8.15. The highest BCUT2D eigenvalue weighted by Gasteiger charge is 2.37. The number of hydrogen-bond donors (Lipinski definition) is 0. The van der Waals surface area contributed by atoms with E-state index in [0.29, 0.717) is 37.6 Å². The number of aryl methyl sites for hydroxylation is 1. The van der Waals surface area contributed by atoms with Gasteiger partial charge in [0.15, 0.2) is 5.82 Å². The fourth-order valence-electron chi connectivity index (χ4n) is 4.18. The van der Waals surface area contributed by atoms with Crippen LogP contribution in [0, 0.1) is 12.8 Å². The average molecular weight is 418 g/mol. The van der Waals surface area contributed by atoms with E-state index in [0.717, 1.165) is 23.6 Å². The number of fused-ring (bicyclic) bond motifs is 1. The summed E-state index contributed by atoms with van der Waals surface area (Å²) in [5.74, 6) is 1.71. The third kappa shape index (κ3) is 3.57. The lowest BCUT2D eigenvalue weighted by molar-refractivity contribution is -0.136. The SMILES string of the molecule is Cc1ccccc1S(=O)(=O)N1CCC(c2nnc3n2CCN(C(=O)C(C)C)C3)C1. The molecule has 0 spiro atoms. The fourth-order valence-corrected chi connectivity index (χ4v) is 5.90. The summed E-state index contributed by atoms with van der Waals surface area (Å²) >= 11 is 0. The maximum atomic E-state index is 13.1. The molecule has 2 aliphatic heterocycles. The van der Waals surface area contributed by atoms with Crippen LogP contribution in [0.15, 0.2) is 29.2 Å². The van der Waals surface area contributed by atoms with Gasteiger partial charge in [0.25, 0.3) is 0 Å². The lowest BCUT2D eigenvalue weighted by Gasteiger charge is -2.29. The van der Waals surface area contributed by atoms with Crippen molar-refractivity contribution in [2.45, 2.75) is 51.1 Å². The molecule has 1 saturated heterocycles. The molecule has 1 amide bonds. The predicted octanol–water partition coefficient (Wildman–Crippen LogP) is 1.76. The Morgan fingerprint density at radius 1 is 1.14 bits per heavy atom. The van der Waals surface area contributed by atoms with E-state index in [-0.39, 0.29) is 17.7 Å². The maximum Gasteiger partial charge on any atom is 0.243 e. The van der Waals surface area contributed by atoms with Gasteiger partial charge in [-0.15, -0.1) is 10.2 Å². The zero-order valence-corrected chi connectivity index (χ0v) is 17.9. The summed E-state index contributed by atoms with van der Waals surface area (Å²) in [5, 5.41) is 8.68. The smallest absolute Gasteiger partial charge is 0.243 e. The molecule has 29 heavy (non-hydrogen) atoms. The second kappa shape index (κ2) is 7.53. The molecular formula is C20H27N5O3S. The number of amides is 1. The van der Waals surface area contributed by atoms with E-state index in [1.54, 1.807) is 16.4 Å². The van der Waals surface area contributed by atoms with Crippen LogP contribution in [0.5, 0.6) is 0 Å². The summed E-state index contributed by atoms with van der Waals surface area (Å²) in [6, 6.07) is 7.08. The molecule has 2 aliphatic rings. The van der Waals surface area contributed by atoms with E-state index in [2.05, 4.69) is 14.8 Å². The van der Waals surface area contributed by atoms with Crippen molar-refractivity contribution < 1.29 is 13.2 Å². The zero-order valence-electron chi connectivity index (χ0n) is 17.1. The molecule has 1 aromatic carbocycles. The van der Waals surface area contributed by atoms with E-state index in [9.17, 15) is 13.2 Å². The van der Waals surface area contributed by atoms with Gasteiger partial charge >= 0.3 is 0 Å². The van der Waals surface area contributed by atoms with Crippen LogP contribution in [0.1, 0.15) is 43.4 Å². The van der Waals surface area contributed by atoms with Crippen molar-refractivity contribution >= 4 is 15.9 Å². The molecule has 2 aromatic rings. The van der Waals surface area contributed by atoms with Gasteiger partial charge in [-0.2, -0.15) is 4.31 Å². The molecule has 0 radical (unpaired) electrons. The Hall–Kier alpha value is -2.26. The molecule has 156 valence electrons. The Morgan fingerprint density at radius 3 is 2.62 bits per heavy atom. The van der Waals surface area contributed by atoms with Crippen molar-refractivity contribution in [3.8, 4) is 0 Å². The molecule has 1 fully saturated rings. The van der Waals surface area contributed by atoms with E-state index < -0.39 is 10.0 Å². The minimum Gasteiger partial charge on any atom is -0.333 e. The summed E-state index contributed by atoms with van der Waals surface area (Å²) in [6.45, 7) is 8.24. The minimum atomic E-state index is -3.52. The number of sulfonamides is 1. The standard InChI is InChI=1S/C20H27N5O3S/c1-14(2)20(26)23-10-11-25-18(13-23)21-22-19(25)16-8-9-24(12-16)29(27,28)17-7-5-4-6-15(17)3/h4-7,14,16H,8-13H2,1-3H3. The Bertz CT molecular complexity index is 1030. The number of benzene rings is 1. The first kappa shape index (κ1) is 20.0. The molecular weight excluding hydrogens is 390 g/mol. The van der Waals surface area contributed by atoms with Gasteiger partial charge in [-0.25, -0.2) is 8.42 Å². The van der Waals surface area contributed by atoms with E-state index >= 15 is 0 Å². The van der Waals surface area contributed by atoms with Crippen molar-refractivity contribution in [1.82, 2.24) is 24.0 Å². The first-order valence-corrected chi connectivity index (χ1v) is 11.5. The normalized spacial score (nSPS) is 20.3. The molecule has 3 heterocycles. The zero-order chi connectivity index (χ0) is 20.8. The molecule has 0 bridgehead atoms. The summed E-state index contributed by atoms with van der Waals surface area (Å²) in [7, 11) is -3.52. The molecule has 8 nitrogen and oxygen atoms in total. The van der Waals surface area contributed by atoms with Gasteiger partial charge in [-0.1, -0.05) is 32.0 Å². The predicted molar refractivity (Wildman–Crippen MR) is 108 cm³/mol. The number of carbonyl (C=O) groups excluding carboxylic acids is 1. The number of aromatic nitrogens is 3. The third-order valence-electron chi connectivity index (χ3n) is 5.81. The third-order valence-corrected chi connectivity index (χ3v) is 7.84. The van der Waals surface area contributed by atoms with Crippen LogP contribution >= 0.6 is 0 Å². The van der Waals surface area contributed by atoms with Gasteiger partial charge in [0.2, 0.25) is 15.9 Å². The topological polar surface area (TPSA) is 88.4 Å². The monoisotopic (exact) mass is 417 g/mol. The van der Waals surface area contributed by atoms with Crippen molar-refractivity contribution in [3.63, 3.8) is 0 Å². The van der Waals surface area contributed by atoms with Crippen molar-refractivity contribution in [2.24, 2.45) is 5.92 Å². The first-order valence-electron chi connectivity index (χ1n) is 10.1. The maximum absolute atomic E-state index is 13.1. The molecule has 9 heteroatoms. The van der Waals surface area contributed by atoms with Crippen LogP contribution in [0.3, 0.4) is 0 Å². The van der Waals surface area contributed by atoms with Crippen LogP contribution in [-0.2, 0) is 27.9 Å². The number of nitrogens with zero attached hydrogens (tertiary/aromatic N) is 5. The van der Waals surface area contributed by atoms with Crippen molar-refractivity contribution in [1.29, 1.82) is 0 Å². The summed E-state index contributed by atoms with van der Waals surface area (Å²) in [6.07, 6.45) is 0.720. The average Bonchev–Trinajstić information content (AvgIpc) is 3.34. The minimum absolute atomic E-state index is 0.0161. The Morgan fingerprint density at radius 2 is 1.90 bits per heavy atom. The molecule has 0 N–H and O–H groups in total. The van der Waals surface area contributed by atoms with Gasteiger partial charge < -0.3 is 9.47 Å². The number of rotatable bonds is 4. The van der Waals surface area contributed by atoms with Crippen LogP contribution in [0.2, 0.25) is 0 Å². The number of hydrogen-bond acceptors (Lipinski definition) is 5. The van der Waals surface area contributed by atoms with E-state index in [1.807, 2.05) is 37.8 Å². The molecule has 4 rings (SSSR count). The van der Waals surface area contributed by atoms with Crippen LogP contribution in [-0.4, -0.2) is 57.9 Å². The molecule has 0 saturated carbocycles. The van der Waals surface area contributed by atoms with Gasteiger partial charge in [0.05, 0.1) is 11.4 Å². The molecule has 0 aliphatic carbocycles. The summed E-state index contributed by atoms with van der Waals surface area (Å²) in [5.41, 5.74) is 0.755. The lowest BCUT2D eigenvalue weighted by atomic mass is 10.1. The first-order chi connectivity index (χ1) is 13.8. The fraction of sp³-hybridized carbons (Fsp3) is 0.550.